The quantitative estimate of drug-likeness (QED) is 0.0964. The van der Waals surface area contributed by atoms with Crippen molar-refractivity contribution in [3.05, 3.63) is 147 Å². The number of carbonyl (C=O) groups is 3. The number of hydrogen-bond donors (Lipinski definition) is 0. The fourth-order valence-corrected chi connectivity index (χ4v) is 6.82. The summed E-state index contributed by atoms with van der Waals surface area (Å²) in [6.45, 7) is 8.96. The Kier molecular flexibility index (Phi) is 21.8. The van der Waals surface area contributed by atoms with Gasteiger partial charge in [0.15, 0.2) is 17.4 Å². The molecule has 6 aromatic heterocycles. The Hall–Kier alpha value is -5.45. The third-order valence-corrected chi connectivity index (χ3v) is 10.4. The Morgan fingerprint density at radius 3 is 1.36 bits per heavy atom. The van der Waals surface area contributed by atoms with Crippen LogP contribution in [0.4, 0.5) is 18.9 Å². The van der Waals surface area contributed by atoms with Gasteiger partial charge in [-0.15, -0.1) is 34.0 Å². The second-order valence-corrected chi connectivity index (χ2v) is 15.3. The van der Waals surface area contributed by atoms with Gasteiger partial charge in [0.25, 0.3) is 17.7 Å². The third kappa shape index (κ3) is 16.9. The summed E-state index contributed by atoms with van der Waals surface area (Å²) in [6, 6.07) is 21.7. The second kappa shape index (κ2) is 26.4. The number of anilines is 1. The van der Waals surface area contributed by atoms with Gasteiger partial charge in [0.2, 0.25) is 0 Å². The molecule has 0 aliphatic heterocycles. The van der Waals surface area contributed by atoms with Crippen LogP contribution in [0.2, 0.25) is 0 Å². The molecule has 0 atom stereocenters. The van der Waals surface area contributed by atoms with Crippen LogP contribution < -0.4 is 20.2 Å². The molecule has 64 heavy (non-hydrogen) atoms. The largest absolute Gasteiger partial charge is 0.871 e. The van der Waals surface area contributed by atoms with Crippen molar-refractivity contribution in [2.45, 2.75) is 33.9 Å². The van der Waals surface area contributed by atoms with Crippen LogP contribution in [0, 0.1) is 49.4 Å². The number of thiophene rings is 3. The summed E-state index contributed by atoms with van der Waals surface area (Å²) >= 11 is 3.66. The normalized spacial score (nSPS) is 11.4. The molecule has 0 aliphatic carbocycles. The Labute approximate surface area is 419 Å². The molecule has 14 nitrogen and oxygen atoms in total. The van der Waals surface area contributed by atoms with Crippen molar-refractivity contribution >= 4 is 74.3 Å². The number of alkyl halides is 3. The van der Waals surface area contributed by atoms with Crippen LogP contribution >= 0.6 is 34.0 Å². The smallest absolute Gasteiger partial charge is 0.454 e. The molecular formula is C43H38EuF3N8O6S3-3. The van der Waals surface area contributed by atoms with Crippen molar-refractivity contribution < 1.29 is 92.3 Å². The molecule has 0 saturated heterocycles. The van der Waals surface area contributed by atoms with E-state index in [-0.39, 0.29) is 83.4 Å². The Morgan fingerprint density at radius 2 is 1.05 bits per heavy atom. The SMILES string of the molecule is CC(=O)C=C([O-])c1cccs1.CC(=O)C=C([O-])c1cccs1.CCN(CC)c1ccc(-c2nc(-n3cccn3)nc(-n3cccn3)n2)cc1.O=C(C=C([O-])c1cccs1)C(F)(F)F.[Eu]. The first-order valence-corrected chi connectivity index (χ1v) is 21.2. The van der Waals surface area contributed by atoms with Crippen LogP contribution in [0.1, 0.15) is 42.3 Å². The van der Waals surface area contributed by atoms with E-state index >= 15 is 0 Å². The third-order valence-electron chi connectivity index (χ3n) is 7.79. The van der Waals surface area contributed by atoms with Gasteiger partial charge in [-0.05, 0) is 117 Å². The maximum atomic E-state index is 11.7. The topological polar surface area (TPSA) is 198 Å². The molecule has 0 fully saturated rings. The van der Waals surface area contributed by atoms with Gasteiger partial charge in [-0.1, -0.05) is 35.5 Å². The van der Waals surface area contributed by atoms with Gasteiger partial charge in [-0.2, -0.15) is 38.3 Å². The summed E-state index contributed by atoms with van der Waals surface area (Å²) in [5, 5.41) is 46.7. The summed E-state index contributed by atoms with van der Waals surface area (Å²) in [4.78, 5) is 48.6. The molecule has 335 valence electrons. The van der Waals surface area contributed by atoms with Crippen LogP contribution in [0.3, 0.4) is 0 Å². The first-order valence-electron chi connectivity index (χ1n) is 18.6. The monoisotopic (exact) mass is 1070 g/mol. The molecule has 1 aromatic carbocycles. The predicted octanol–water partition coefficient (Wildman–Crippen LogP) is 6.41. The van der Waals surface area contributed by atoms with E-state index in [0.29, 0.717) is 27.5 Å². The molecule has 0 saturated carbocycles. The van der Waals surface area contributed by atoms with E-state index < -0.39 is 17.7 Å². The minimum atomic E-state index is -4.98. The molecule has 6 heterocycles. The zero-order valence-corrected chi connectivity index (χ0v) is 39.3. The van der Waals surface area contributed by atoms with E-state index in [1.807, 2.05) is 24.3 Å². The summed E-state index contributed by atoms with van der Waals surface area (Å²) in [7, 11) is 0. The van der Waals surface area contributed by atoms with E-state index in [1.54, 1.807) is 74.6 Å². The van der Waals surface area contributed by atoms with E-state index in [1.165, 1.54) is 54.3 Å². The minimum absolute atomic E-state index is 0. The van der Waals surface area contributed by atoms with Crippen LogP contribution in [0.15, 0.2) is 132 Å². The van der Waals surface area contributed by atoms with Crippen LogP contribution in [-0.2, 0) is 14.4 Å². The molecule has 0 N–H and O–H groups in total. The molecule has 0 spiro atoms. The Balaban J connectivity index is 0.000000248. The van der Waals surface area contributed by atoms with Gasteiger partial charge >= 0.3 is 6.18 Å². The number of halogens is 3. The molecule has 0 bridgehead atoms. The van der Waals surface area contributed by atoms with Crippen molar-refractivity contribution in [3.63, 3.8) is 0 Å². The van der Waals surface area contributed by atoms with Crippen molar-refractivity contribution in [1.82, 2.24) is 34.5 Å². The first kappa shape index (κ1) is 52.9. The molecule has 7 rings (SSSR count). The molecule has 0 aliphatic rings. The fourth-order valence-electron chi connectivity index (χ4n) is 4.91. The number of ketones is 3. The van der Waals surface area contributed by atoms with Crippen LogP contribution in [0.5, 0.6) is 0 Å². The molecule has 0 unspecified atom stereocenters. The number of allylic oxidation sites excluding steroid dienone is 3. The molecule has 0 amide bonds. The summed E-state index contributed by atoms with van der Waals surface area (Å²) in [6.07, 6.45) is 4.27. The standard InChI is InChI=1S/C19H20N8.C8H5F3O2S.2C8H8O2S.Eu/c1-3-25(4-2)16-9-7-15(8-10-16)17-22-18(26-13-5-11-20-26)24-19(23-17)27-14-6-12-21-27;9-8(10,11)7(13)4-5(12)6-2-1-3-14-6;2*1-6(9)5-7(10)8-3-2-4-11-8;/h5-14H,3-4H2,1-2H3;1-4,12H;2*2-5,10H,1H3;/p-3. The zero-order chi connectivity index (χ0) is 45.9. The molecular weight excluding hydrogens is 1030 g/mol. The van der Waals surface area contributed by atoms with Gasteiger partial charge in [0, 0.05) is 113 Å². The van der Waals surface area contributed by atoms with E-state index in [4.69, 9.17) is 0 Å². The maximum absolute atomic E-state index is 11.7. The predicted molar refractivity (Wildman–Crippen MR) is 232 cm³/mol. The molecule has 1 radical (unpaired) electrons. The fraction of sp³-hybridized carbons (Fsp3) is 0.163. The van der Waals surface area contributed by atoms with E-state index in [9.17, 15) is 42.9 Å². The second-order valence-electron chi connectivity index (χ2n) is 12.4. The average molecular weight is 1070 g/mol. The zero-order valence-electron chi connectivity index (χ0n) is 34.4. The van der Waals surface area contributed by atoms with Crippen molar-refractivity contribution in [2.24, 2.45) is 0 Å². The van der Waals surface area contributed by atoms with Gasteiger partial charge in [0.1, 0.15) is 0 Å². The van der Waals surface area contributed by atoms with E-state index in [2.05, 4.69) is 56.0 Å². The van der Waals surface area contributed by atoms with Gasteiger partial charge < -0.3 is 20.2 Å². The van der Waals surface area contributed by atoms with Crippen LogP contribution in [0.25, 0.3) is 40.6 Å². The van der Waals surface area contributed by atoms with Gasteiger partial charge in [-0.25, -0.2) is 9.36 Å². The van der Waals surface area contributed by atoms with Gasteiger partial charge in [-0.3, -0.25) is 14.4 Å². The number of rotatable bonds is 12. The van der Waals surface area contributed by atoms with Crippen molar-refractivity contribution in [2.75, 3.05) is 18.0 Å². The average Bonchev–Trinajstić information content (AvgIpc) is 4.12. The minimum Gasteiger partial charge on any atom is -0.871 e. The molecule has 21 heteroatoms. The van der Waals surface area contributed by atoms with Crippen LogP contribution in [-0.4, -0.2) is 71.1 Å². The summed E-state index contributed by atoms with van der Waals surface area (Å²) < 4.78 is 38.4. The number of hydrogen-bond acceptors (Lipinski definition) is 15. The Bertz CT molecular complexity index is 2460. The summed E-state index contributed by atoms with van der Waals surface area (Å²) in [5.74, 6) is -2.39. The number of nitrogens with zero attached hydrogens (tertiary/aromatic N) is 8. The van der Waals surface area contributed by atoms with Crippen molar-refractivity contribution in [1.29, 1.82) is 0 Å². The number of aromatic nitrogens is 7. The number of carbonyl (C=O) groups excluding carboxylic acids is 3. The molecule has 7 aromatic rings. The maximum Gasteiger partial charge on any atom is 0.454 e. The van der Waals surface area contributed by atoms with Crippen molar-refractivity contribution in [3.8, 4) is 23.3 Å². The number of benzene rings is 1. The summed E-state index contributed by atoms with van der Waals surface area (Å²) in [5.41, 5.74) is 2.09. The Morgan fingerprint density at radius 1 is 0.641 bits per heavy atom. The van der Waals surface area contributed by atoms with Gasteiger partial charge in [0.05, 0.1) is 0 Å². The first-order chi connectivity index (χ1) is 30.1. The van der Waals surface area contributed by atoms with E-state index in [0.717, 1.165) is 42.1 Å².